The minimum Gasteiger partial charge on any atom is -0.481 e. The van der Waals surface area contributed by atoms with Crippen LogP contribution in [0.5, 0.6) is 0 Å². The molecule has 1 aliphatic rings. The van der Waals surface area contributed by atoms with Crippen molar-refractivity contribution in [2.75, 3.05) is 13.1 Å². The number of rotatable bonds is 7. The van der Waals surface area contributed by atoms with Crippen LogP contribution in [-0.2, 0) is 23.9 Å². The molecule has 0 spiro atoms. The van der Waals surface area contributed by atoms with Gasteiger partial charge in [0.15, 0.2) is 0 Å². The molecule has 0 radical (unpaired) electrons. The highest BCUT2D eigenvalue weighted by Crippen LogP contribution is 2.36. The number of hydrogen-bond donors (Lipinski definition) is 1. The normalized spacial score (nSPS) is 17.1. The number of nitrogens with zero attached hydrogens (tertiary/aromatic N) is 3. The number of carboxylic acids is 1. The molecule has 1 aliphatic heterocycles. The molecule has 1 atom stereocenters. The van der Waals surface area contributed by atoms with Crippen molar-refractivity contribution in [1.82, 2.24) is 15.0 Å². The Morgan fingerprint density at radius 2 is 1.89 bits per heavy atom. The quantitative estimate of drug-likeness (QED) is 0.446. The van der Waals surface area contributed by atoms with E-state index in [9.17, 15) is 23.1 Å². The standard InChI is InChI=1S/C26H28F3N3O3/c1-16(2)12-19-9-10-20(13-22(19)26(27,28)29)23-30-24(35-31-23)18-7-5-17(6-8-18)14-32-11-3-4-21(15-32)25(33)34/h5-10,13,16,21H,3-4,11-12,14-15H2,1-2H3,(H,33,34). The van der Waals surface area contributed by atoms with Crippen molar-refractivity contribution in [3.05, 3.63) is 59.2 Å². The predicted octanol–water partition coefficient (Wildman–Crippen LogP) is 5.92. The van der Waals surface area contributed by atoms with Gasteiger partial charge in [0.1, 0.15) is 0 Å². The molecule has 1 N–H and O–H groups in total. The van der Waals surface area contributed by atoms with Gasteiger partial charge in [0.05, 0.1) is 11.5 Å². The van der Waals surface area contributed by atoms with Crippen LogP contribution in [0.4, 0.5) is 13.2 Å². The highest BCUT2D eigenvalue weighted by Gasteiger charge is 2.34. The molecule has 0 saturated carbocycles. The fourth-order valence-electron chi connectivity index (χ4n) is 4.47. The lowest BCUT2D eigenvalue weighted by Gasteiger charge is -2.30. The summed E-state index contributed by atoms with van der Waals surface area (Å²) in [6.45, 7) is 5.78. The fourth-order valence-corrected chi connectivity index (χ4v) is 4.47. The summed E-state index contributed by atoms with van der Waals surface area (Å²) < 4.78 is 46.2. The van der Waals surface area contributed by atoms with Gasteiger partial charge in [-0.05, 0) is 61.1 Å². The molecule has 1 unspecified atom stereocenters. The second kappa shape index (κ2) is 10.2. The number of hydrogen-bond acceptors (Lipinski definition) is 5. The first-order chi connectivity index (χ1) is 16.6. The summed E-state index contributed by atoms with van der Waals surface area (Å²) >= 11 is 0. The van der Waals surface area contributed by atoms with Gasteiger partial charge >= 0.3 is 12.1 Å². The van der Waals surface area contributed by atoms with Crippen LogP contribution >= 0.6 is 0 Å². The summed E-state index contributed by atoms with van der Waals surface area (Å²) in [5.74, 6) is -0.685. The number of alkyl halides is 3. The zero-order valence-electron chi connectivity index (χ0n) is 19.7. The van der Waals surface area contributed by atoms with Crippen molar-refractivity contribution in [2.24, 2.45) is 11.8 Å². The van der Waals surface area contributed by atoms with E-state index >= 15 is 0 Å². The first-order valence-corrected chi connectivity index (χ1v) is 11.7. The Morgan fingerprint density at radius 3 is 2.54 bits per heavy atom. The second-order valence-corrected chi connectivity index (χ2v) is 9.50. The number of carboxylic acid groups (broad SMARTS) is 1. The molecule has 0 bridgehead atoms. The van der Waals surface area contributed by atoms with E-state index in [0.717, 1.165) is 24.6 Å². The maximum absolute atomic E-state index is 13.6. The lowest BCUT2D eigenvalue weighted by Crippen LogP contribution is -2.38. The molecule has 9 heteroatoms. The number of aromatic nitrogens is 2. The van der Waals surface area contributed by atoms with E-state index in [1.807, 2.05) is 38.1 Å². The third-order valence-corrected chi connectivity index (χ3v) is 6.19. The Hall–Kier alpha value is -3.20. The zero-order chi connectivity index (χ0) is 25.2. The van der Waals surface area contributed by atoms with Gasteiger partial charge in [0, 0.05) is 24.2 Å². The van der Waals surface area contributed by atoms with Crippen LogP contribution < -0.4 is 0 Å². The van der Waals surface area contributed by atoms with E-state index in [1.54, 1.807) is 6.07 Å². The zero-order valence-corrected chi connectivity index (χ0v) is 19.7. The molecule has 0 amide bonds. The summed E-state index contributed by atoms with van der Waals surface area (Å²) in [5, 5.41) is 13.2. The van der Waals surface area contributed by atoms with Gasteiger partial charge in [-0.2, -0.15) is 18.2 Å². The van der Waals surface area contributed by atoms with Crippen LogP contribution in [0, 0.1) is 11.8 Å². The molecule has 2 aromatic carbocycles. The Balaban J connectivity index is 1.49. The SMILES string of the molecule is CC(C)Cc1ccc(-c2noc(-c3ccc(CN4CCCC(C(=O)O)C4)cc3)n2)cc1C(F)(F)F. The molecular formula is C26H28F3N3O3. The van der Waals surface area contributed by atoms with Crippen molar-refractivity contribution in [2.45, 2.75) is 45.8 Å². The second-order valence-electron chi connectivity index (χ2n) is 9.50. The number of piperidine rings is 1. The molecule has 4 rings (SSSR count). The summed E-state index contributed by atoms with van der Waals surface area (Å²) in [6.07, 6.45) is -2.58. The smallest absolute Gasteiger partial charge is 0.416 e. The maximum atomic E-state index is 13.6. The Bertz CT molecular complexity index is 1170. The van der Waals surface area contributed by atoms with Crippen LogP contribution in [0.1, 0.15) is 43.4 Å². The molecule has 1 fully saturated rings. The van der Waals surface area contributed by atoms with Crippen LogP contribution in [0.15, 0.2) is 47.0 Å². The topological polar surface area (TPSA) is 79.5 Å². The highest BCUT2D eigenvalue weighted by molar-refractivity contribution is 5.70. The summed E-state index contributed by atoms with van der Waals surface area (Å²) in [5.41, 5.74) is 1.49. The predicted molar refractivity (Wildman–Crippen MR) is 124 cm³/mol. The molecule has 6 nitrogen and oxygen atoms in total. The molecule has 3 aromatic rings. The van der Waals surface area contributed by atoms with E-state index < -0.39 is 17.7 Å². The largest absolute Gasteiger partial charge is 0.481 e. The van der Waals surface area contributed by atoms with Gasteiger partial charge in [0.25, 0.3) is 5.89 Å². The van der Waals surface area contributed by atoms with Gasteiger partial charge < -0.3 is 9.63 Å². The van der Waals surface area contributed by atoms with E-state index in [0.29, 0.717) is 31.5 Å². The summed E-state index contributed by atoms with van der Waals surface area (Å²) in [4.78, 5) is 17.7. The number of likely N-dealkylation sites (tertiary alicyclic amines) is 1. The molecular weight excluding hydrogens is 459 g/mol. The van der Waals surface area contributed by atoms with Gasteiger partial charge in [0.2, 0.25) is 5.82 Å². The fraction of sp³-hybridized carbons (Fsp3) is 0.423. The van der Waals surface area contributed by atoms with Crippen molar-refractivity contribution in [1.29, 1.82) is 0 Å². The summed E-state index contributed by atoms with van der Waals surface area (Å²) in [7, 11) is 0. The van der Waals surface area contributed by atoms with Crippen LogP contribution in [0.3, 0.4) is 0 Å². The first kappa shape index (κ1) is 24.9. The minimum absolute atomic E-state index is 0.0928. The number of aliphatic carboxylic acids is 1. The van der Waals surface area contributed by atoms with E-state index in [-0.39, 0.29) is 34.7 Å². The maximum Gasteiger partial charge on any atom is 0.416 e. The average molecular weight is 488 g/mol. The van der Waals surface area contributed by atoms with Crippen molar-refractivity contribution in [3.63, 3.8) is 0 Å². The van der Waals surface area contributed by atoms with Crippen LogP contribution in [0.2, 0.25) is 0 Å². The minimum atomic E-state index is -4.47. The van der Waals surface area contributed by atoms with E-state index in [2.05, 4.69) is 15.0 Å². The third kappa shape index (κ3) is 6.08. The molecule has 1 saturated heterocycles. The first-order valence-electron chi connectivity index (χ1n) is 11.7. The molecule has 0 aliphatic carbocycles. The lowest BCUT2D eigenvalue weighted by molar-refractivity contribution is -0.143. The summed E-state index contributed by atoms with van der Waals surface area (Å²) in [6, 6.07) is 11.6. The number of halogens is 3. The van der Waals surface area contributed by atoms with Gasteiger partial charge in [-0.1, -0.05) is 43.3 Å². The van der Waals surface area contributed by atoms with E-state index in [1.165, 1.54) is 6.07 Å². The van der Waals surface area contributed by atoms with Crippen molar-refractivity contribution >= 4 is 5.97 Å². The molecule has 35 heavy (non-hydrogen) atoms. The van der Waals surface area contributed by atoms with Gasteiger partial charge in [-0.3, -0.25) is 9.69 Å². The number of carbonyl (C=O) groups is 1. The Kier molecular flexibility index (Phi) is 7.25. The Morgan fingerprint density at radius 1 is 1.17 bits per heavy atom. The van der Waals surface area contributed by atoms with Gasteiger partial charge in [-0.25, -0.2) is 0 Å². The van der Waals surface area contributed by atoms with Crippen molar-refractivity contribution < 1.29 is 27.6 Å². The van der Waals surface area contributed by atoms with Crippen LogP contribution in [0.25, 0.3) is 22.8 Å². The Labute approximate surface area is 201 Å². The average Bonchev–Trinajstić information content (AvgIpc) is 3.29. The van der Waals surface area contributed by atoms with E-state index in [4.69, 9.17) is 4.52 Å². The number of benzene rings is 2. The van der Waals surface area contributed by atoms with Gasteiger partial charge in [-0.15, -0.1) is 0 Å². The van der Waals surface area contributed by atoms with Crippen LogP contribution in [-0.4, -0.2) is 39.2 Å². The highest BCUT2D eigenvalue weighted by atomic mass is 19.4. The monoisotopic (exact) mass is 487 g/mol. The molecule has 1 aromatic heterocycles. The lowest BCUT2D eigenvalue weighted by atomic mass is 9.95. The van der Waals surface area contributed by atoms with Crippen molar-refractivity contribution in [3.8, 4) is 22.8 Å². The molecule has 186 valence electrons. The molecule has 2 heterocycles. The third-order valence-electron chi connectivity index (χ3n) is 6.19.